The van der Waals surface area contributed by atoms with Gasteiger partial charge >= 0.3 is 0 Å². The minimum absolute atomic E-state index is 0.127. The van der Waals surface area contributed by atoms with Crippen LogP contribution >= 0.6 is 0 Å². The molecule has 1 amide bonds. The Morgan fingerprint density at radius 3 is 2.50 bits per heavy atom. The average Bonchev–Trinajstić information content (AvgIpc) is 2.16. The molecule has 4 heteroatoms. The van der Waals surface area contributed by atoms with E-state index in [1.807, 2.05) is 6.92 Å². The molecule has 2 atom stereocenters. The molecule has 0 spiro atoms. The van der Waals surface area contributed by atoms with Gasteiger partial charge in [0.05, 0.1) is 6.10 Å². The zero-order chi connectivity index (χ0) is 11.1. The predicted octanol–water partition coefficient (Wildman–Crippen LogP) is 1.21. The van der Waals surface area contributed by atoms with E-state index in [0.29, 0.717) is 5.57 Å². The van der Waals surface area contributed by atoms with Gasteiger partial charge in [0.2, 0.25) is 5.91 Å². The van der Waals surface area contributed by atoms with E-state index in [9.17, 15) is 4.79 Å². The third-order valence-corrected chi connectivity index (χ3v) is 1.93. The fourth-order valence-corrected chi connectivity index (χ4v) is 0.916. The van der Waals surface area contributed by atoms with Crippen LogP contribution < -0.4 is 5.73 Å². The molecule has 0 aromatic rings. The van der Waals surface area contributed by atoms with E-state index in [-0.39, 0.29) is 12.4 Å². The van der Waals surface area contributed by atoms with Gasteiger partial charge in [-0.3, -0.25) is 4.79 Å². The fraction of sp³-hybridized carbons (Fsp3) is 0.700. The molecule has 0 saturated heterocycles. The van der Waals surface area contributed by atoms with Crippen molar-refractivity contribution in [1.82, 2.24) is 0 Å². The molecular weight excluding hydrogens is 182 g/mol. The lowest BCUT2D eigenvalue weighted by Gasteiger charge is -2.17. The van der Waals surface area contributed by atoms with Crippen molar-refractivity contribution in [3.8, 4) is 0 Å². The molecule has 0 aromatic carbocycles. The number of primary amides is 1. The number of ether oxygens (including phenoxy) is 2. The van der Waals surface area contributed by atoms with Gasteiger partial charge < -0.3 is 15.2 Å². The number of methoxy groups -OCH3 is 1. The second-order valence-corrected chi connectivity index (χ2v) is 3.10. The van der Waals surface area contributed by atoms with Crippen LogP contribution in [0, 0.1) is 0 Å². The number of carbonyl (C=O) groups is 1. The van der Waals surface area contributed by atoms with Crippen LogP contribution in [-0.2, 0) is 14.3 Å². The second-order valence-electron chi connectivity index (χ2n) is 3.10. The summed E-state index contributed by atoms with van der Waals surface area (Å²) in [6, 6.07) is 0. The molecule has 0 rings (SSSR count). The van der Waals surface area contributed by atoms with Crippen LogP contribution in [0.5, 0.6) is 0 Å². The molecule has 2 unspecified atom stereocenters. The fourth-order valence-electron chi connectivity index (χ4n) is 0.916. The summed E-state index contributed by atoms with van der Waals surface area (Å²) < 4.78 is 10.4. The minimum atomic E-state index is -0.419. The first kappa shape index (κ1) is 13.1. The summed E-state index contributed by atoms with van der Waals surface area (Å²) in [6.07, 6.45) is 2.09. The highest BCUT2D eigenvalue weighted by molar-refractivity contribution is 5.91. The van der Waals surface area contributed by atoms with E-state index in [1.54, 1.807) is 27.0 Å². The summed E-state index contributed by atoms with van der Waals surface area (Å²) in [6.45, 7) is 5.44. The molecule has 0 heterocycles. The molecule has 4 nitrogen and oxygen atoms in total. The van der Waals surface area contributed by atoms with Crippen LogP contribution in [0.2, 0.25) is 0 Å². The highest BCUT2D eigenvalue weighted by Gasteiger charge is 2.09. The molecule has 0 saturated carbocycles. The molecule has 0 bridgehead atoms. The van der Waals surface area contributed by atoms with Gasteiger partial charge in [-0.25, -0.2) is 0 Å². The van der Waals surface area contributed by atoms with Crippen molar-refractivity contribution >= 4 is 5.91 Å². The molecule has 0 aliphatic rings. The number of amides is 1. The lowest BCUT2D eigenvalue weighted by Crippen LogP contribution is -2.21. The second kappa shape index (κ2) is 6.56. The Balaban J connectivity index is 4.28. The maximum atomic E-state index is 10.8. The van der Waals surface area contributed by atoms with Crippen molar-refractivity contribution in [1.29, 1.82) is 0 Å². The van der Waals surface area contributed by atoms with Crippen LogP contribution in [0.3, 0.4) is 0 Å². The van der Waals surface area contributed by atoms with Gasteiger partial charge in [0.1, 0.15) is 0 Å². The molecule has 0 aromatic heterocycles. The van der Waals surface area contributed by atoms with Crippen molar-refractivity contribution in [3.05, 3.63) is 11.6 Å². The van der Waals surface area contributed by atoms with Gasteiger partial charge in [-0.15, -0.1) is 0 Å². The molecular formula is C10H19NO3. The number of nitrogens with two attached hydrogens (primary N) is 1. The van der Waals surface area contributed by atoms with E-state index >= 15 is 0 Å². The van der Waals surface area contributed by atoms with Crippen LogP contribution in [-0.4, -0.2) is 25.4 Å². The zero-order valence-electron chi connectivity index (χ0n) is 9.24. The van der Waals surface area contributed by atoms with Crippen LogP contribution in [0.25, 0.3) is 0 Å². The first-order valence-corrected chi connectivity index (χ1v) is 4.67. The highest BCUT2D eigenvalue weighted by Crippen LogP contribution is 2.07. The molecule has 0 aliphatic carbocycles. The van der Waals surface area contributed by atoms with Gasteiger partial charge in [0.25, 0.3) is 0 Å². The van der Waals surface area contributed by atoms with Gasteiger partial charge in [-0.1, -0.05) is 6.92 Å². The van der Waals surface area contributed by atoms with E-state index in [0.717, 1.165) is 6.42 Å². The van der Waals surface area contributed by atoms with Gasteiger partial charge in [-0.2, -0.15) is 0 Å². The highest BCUT2D eigenvalue weighted by atomic mass is 16.7. The largest absolute Gasteiger partial charge is 0.366 e. The topological polar surface area (TPSA) is 61.6 Å². The third kappa shape index (κ3) is 4.99. The number of hydrogen-bond donors (Lipinski definition) is 1. The maximum absolute atomic E-state index is 10.8. The molecule has 2 N–H and O–H groups in total. The summed E-state index contributed by atoms with van der Waals surface area (Å²) in [5.74, 6) is -0.419. The monoisotopic (exact) mass is 201 g/mol. The molecule has 0 aliphatic heterocycles. The predicted molar refractivity (Wildman–Crippen MR) is 54.6 cm³/mol. The van der Waals surface area contributed by atoms with Crippen LogP contribution in [0.4, 0.5) is 0 Å². The van der Waals surface area contributed by atoms with Crippen molar-refractivity contribution in [2.24, 2.45) is 5.73 Å². The number of hydrogen-bond acceptors (Lipinski definition) is 3. The van der Waals surface area contributed by atoms with Gasteiger partial charge in [-0.05, 0) is 26.3 Å². The third-order valence-electron chi connectivity index (χ3n) is 1.93. The molecule has 14 heavy (non-hydrogen) atoms. The Labute approximate surface area is 85.1 Å². The summed E-state index contributed by atoms with van der Waals surface area (Å²) >= 11 is 0. The van der Waals surface area contributed by atoms with Crippen molar-refractivity contribution in [2.45, 2.75) is 39.6 Å². The van der Waals surface area contributed by atoms with Crippen LogP contribution in [0.1, 0.15) is 27.2 Å². The van der Waals surface area contributed by atoms with E-state index in [2.05, 4.69) is 0 Å². The molecule has 0 radical (unpaired) electrons. The van der Waals surface area contributed by atoms with Gasteiger partial charge in [0.15, 0.2) is 6.29 Å². The maximum Gasteiger partial charge on any atom is 0.244 e. The number of carbonyl (C=O) groups excluding carboxylic acids is 1. The lowest BCUT2D eigenvalue weighted by atomic mass is 10.2. The SMILES string of the molecule is CCC(C=C(C)C(N)=O)OC(C)OC. The quantitative estimate of drug-likeness (QED) is 0.519. The van der Waals surface area contributed by atoms with Crippen molar-refractivity contribution in [2.75, 3.05) is 7.11 Å². The van der Waals surface area contributed by atoms with Crippen molar-refractivity contribution in [3.63, 3.8) is 0 Å². The van der Waals surface area contributed by atoms with Crippen molar-refractivity contribution < 1.29 is 14.3 Å². The summed E-state index contributed by atoms with van der Waals surface area (Å²) in [7, 11) is 1.57. The summed E-state index contributed by atoms with van der Waals surface area (Å²) in [5, 5.41) is 0. The standard InChI is InChI=1S/C10H19NO3/c1-5-9(14-8(3)13-4)6-7(2)10(11)12/h6,8-9H,5H2,1-4H3,(H2,11,12). The lowest BCUT2D eigenvalue weighted by molar-refractivity contribution is -0.132. The van der Waals surface area contributed by atoms with E-state index in [4.69, 9.17) is 15.2 Å². The van der Waals surface area contributed by atoms with E-state index < -0.39 is 5.91 Å². The Bertz CT molecular complexity index is 213. The van der Waals surface area contributed by atoms with Gasteiger partial charge in [0, 0.05) is 12.7 Å². The Morgan fingerprint density at radius 1 is 1.57 bits per heavy atom. The normalized spacial score (nSPS) is 16.4. The Morgan fingerprint density at radius 2 is 2.14 bits per heavy atom. The Kier molecular flexibility index (Phi) is 6.16. The van der Waals surface area contributed by atoms with E-state index in [1.165, 1.54) is 0 Å². The minimum Gasteiger partial charge on any atom is -0.366 e. The number of rotatable bonds is 6. The van der Waals surface area contributed by atoms with Crippen LogP contribution in [0.15, 0.2) is 11.6 Å². The zero-order valence-corrected chi connectivity index (χ0v) is 9.24. The Hall–Kier alpha value is -0.870. The average molecular weight is 201 g/mol. The summed E-state index contributed by atoms with van der Waals surface area (Å²) in [4.78, 5) is 10.8. The first-order valence-electron chi connectivity index (χ1n) is 4.67. The smallest absolute Gasteiger partial charge is 0.244 e. The summed E-state index contributed by atoms with van der Waals surface area (Å²) in [5.41, 5.74) is 5.62. The first-order chi connectivity index (χ1) is 6.51. The molecule has 0 fully saturated rings. The molecule has 82 valence electrons.